The number of aryl methyl sites for hydroxylation is 1. The molecule has 0 radical (unpaired) electrons. The molecular formula is C16H14FN5OS. The van der Waals surface area contributed by atoms with Crippen LogP contribution in [-0.2, 0) is 4.79 Å². The molecule has 1 aromatic heterocycles. The van der Waals surface area contributed by atoms with Gasteiger partial charge in [-0.05, 0) is 65.4 Å². The molecule has 0 atom stereocenters. The molecule has 0 aliphatic carbocycles. The summed E-state index contributed by atoms with van der Waals surface area (Å²) >= 11 is 1.35. The van der Waals surface area contributed by atoms with Gasteiger partial charge in [-0.15, -0.1) is 16.9 Å². The number of amides is 1. The van der Waals surface area contributed by atoms with Crippen LogP contribution in [0.4, 0.5) is 10.1 Å². The highest BCUT2D eigenvalue weighted by molar-refractivity contribution is 8.00. The van der Waals surface area contributed by atoms with Gasteiger partial charge in [-0.3, -0.25) is 4.79 Å². The van der Waals surface area contributed by atoms with Crippen LogP contribution in [-0.4, -0.2) is 31.9 Å². The fraction of sp³-hybridized carbons (Fsp3) is 0.125. The zero-order valence-corrected chi connectivity index (χ0v) is 13.6. The highest BCUT2D eigenvalue weighted by Crippen LogP contribution is 2.20. The first kappa shape index (κ1) is 16.1. The average molecular weight is 343 g/mol. The van der Waals surface area contributed by atoms with Crippen LogP contribution < -0.4 is 5.32 Å². The predicted molar refractivity (Wildman–Crippen MR) is 89.6 cm³/mol. The Kier molecular flexibility index (Phi) is 4.85. The van der Waals surface area contributed by atoms with E-state index in [-0.39, 0.29) is 17.5 Å². The Balaban J connectivity index is 1.60. The molecule has 8 heteroatoms. The quantitative estimate of drug-likeness (QED) is 0.721. The molecule has 0 saturated carbocycles. The van der Waals surface area contributed by atoms with E-state index in [2.05, 4.69) is 20.8 Å². The molecule has 3 aromatic rings. The maximum atomic E-state index is 12.8. The minimum Gasteiger partial charge on any atom is -0.325 e. The largest absolute Gasteiger partial charge is 0.325 e. The number of tetrazole rings is 1. The van der Waals surface area contributed by atoms with Crippen molar-refractivity contribution < 1.29 is 9.18 Å². The van der Waals surface area contributed by atoms with Gasteiger partial charge < -0.3 is 5.32 Å². The maximum absolute atomic E-state index is 12.8. The van der Waals surface area contributed by atoms with E-state index in [1.54, 1.807) is 22.9 Å². The van der Waals surface area contributed by atoms with Crippen molar-refractivity contribution >= 4 is 23.4 Å². The second kappa shape index (κ2) is 7.22. The van der Waals surface area contributed by atoms with Crippen molar-refractivity contribution in [2.24, 2.45) is 0 Å². The number of halogens is 1. The van der Waals surface area contributed by atoms with Crippen LogP contribution in [0.5, 0.6) is 0 Å². The Morgan fingerprint density at radius 1 is 1.25 bits per heavy atom. The number of nitrogens with one attached hydrogen (secondary N) is 1. The summed E-state index contributed by atoms with van der Waals surface area (Å²) in [6, 6.07) is 11.6. The van der Waals surface area contributed by atoms with E-state index in [1.807, 2.05) is 19.1 Å². The van der Waals surface area contributed by atoms with Gasteiger partial charge in [-0.25, -0.2) is 9.07 Å². The number of hydrogen-bond acceptors (Lipinski definition) is 5. The van der Waals surface area contributed by atoms with E-state index in [0.29, 0.717) is 5.69 Å². The molecule has 6 nitrogen and oxygen atoms in total. The summed E-state index contributed by atoms with van der Waals surface area (Å²) in [5.74, 6) is -0.166. The van der Waals surface area contributed by atoms with Crippen molar-refractivity contribution in [1.29, 1.82) is 0 Å². The summed E-state index contributed by atoms with van der Waals surface area (Å²) in [4.78, 5) is 12.9. The molecule has 0 saturated heterocycles. The van der Waals surface area contributed by atoms with Gasteiger partial charge in [-0.2, -0.15) is 0 Å². The summed E-state index contributed by atoms with van der Waals surface area (Å²) in [5.41, 5.74) is 2.49. The Hall–Kier alpha value is -2.74. The van der Waals surface area contributed by atoms with Crippen LogP contribution in [0.2, 0.25) is 0 Å². The first-order chi connectivity index (χ1) is 11.6. The molecule has 1 amide bonds. The number of benzene rings is 2. The minimum atomic E-state index is -0.290. The van der Waals surface area contributed by atoms with Crippen LogP contribution in [0.15, 0.2) is 53.7 Å². The Morgan fingerprint density at radius 2 is 2.04 bits per heavy atom. The second-order valence-corrected chi connectivity index (χ2v) is 6.10. The lowest BCUT2D eigenvalue weighted by Crippen LogP contribution is -2.14. The van der Waals surface area contributed by atoms with Gasteiger partial charge >= 0.3 is 0 Å². The van der Waals surface area contributed by atoms with Gasteiger partial charge in [0.2, 0.25) is 5.91 Å². The van der Waals surface area contributed by atoms with Gasteiger partial charge in [0.25, 0.3) is 0 Å². The van der Waals surface area contributed by atoms with Crippen molar-refractivity contribution in [1.82, 2.24) is 20.2 Å². The first-order valence-electron chi connectivity index (χ1n) is 7.14. The molecule has 3 rings (SSSR count). The van der Waals surface area contributed by atoms with Gasteiger partial charge in [0, 0.05) is 10.6 Å². The molecular weight excluding hydrogens is 329 g/mol. The number of hydrogen-bond donors (Lipinski definition) is 1. The number of carbonyl (C=O) groups excluding carboxylic acids is 1. The second-order valence-electron chi connectivity index (χ2n) is 5.05. The van der Waals surface area contributed by atoms with Crippen molar-refractivity contribution in [3.05, 3.63) is 60.2 Å². The maximum Gasteiger partial charge on any atom is 0.234 e. The summed E-state index contributed by atoms with van der Waals surface area (Å²) in [6.45, 7) is 1.92. The fourth-order valence-corrected chi connectivity index (χ4v) is 2.84. The molecule has 0 aliphatic heterocycles. The number of carbonyl (C=O) groups is 1. The molecule has 2 aromatic carbocycles. The van der Waals surface area contributed by atoms with E-state index >= 15 is 0 Å². The Morgan fingerprint density at radius 3 is 2.71 bits per heavy atom. The highest BCUT2D eigenvalue weighted by Gasteiger charge is 2.07. The van der Waals surface area contributed by atoms with Gasteiger partial charge in [0.15, 0.2) is 0 Å². The third kappa shape index (κ3) is 3.96. The molecule has 0 aliphatic rings. The van der Waals surface area contributed by atoms with Gasteiger partial charge in [0.1, 0.15) is 12.1 Å². The zero-order valence-electron chi connectivity index (χ0n) is 12.8. The van der Waals surface area contributed by atoms with Crippen molar-refractivity contribution in [3.8, 4) is 5.69 Å². The molecule has 122 valence electrons. The Labute approximate surface area is 142 Å². The smallest absolute Gasteiger partial charge is 0.234 e. The summed E-state index contributed by atoms with van der Waals surface area (Å²) < 4.78 is 14.4. The topological polar surface area (TPSA) is 72.7 Å². The molecule has 0 bridgehead atoms. The van der Waals surface area contributed by atoms with Crippen LogP contribution in [0.3, 0.4) is 0 Å². The number of nitrogens with zero attached hydrogens (tertiary/aromatic N) is 4. The predicted octanol–water partition coefficient (Wildman–Crippen LogP) is 2.84. The molecule has 0 spiro atoms. The molecule has 24 heavy (non-hydrogen) atoms. The molecule has 0 unspecified atom stereocenters. The monoisotopic (exact) mass is 343 g/mol. The van der Waals surface area contributed by atoms with E-state index < -0.39 is 0 Å². The van der Waals surface area contributed by atoms with Crippen molar-refractivity contribution in [2.75, 3.05) is 11.1 Å². The lowest BCUT2D eigenvalue weighted by Gasteiger charge is -2.09. The van der Waals surface area contributed by atoms with Crippen LogP contribution in [0, 0.1) is 12.7 Å². The van der Waals surface area contributed by atoms with Gasteiger partial charge in [-0.1, -0.05) is 0 Å². The summed E-state index contributed by atoms with van der Waals surface area (Å²) in [6.07, 6.45) is 1.51. The third-order valence-electron chi connectivity index (χ3n) is 3.26. The highest BCUT2D eigenvalue weighted by atomic mass is 32.2. The summed E-state index contributed by atoms with van der Waals surface area (Å²) in [7, 11) is 0. The van der Waals surface area contributed by atoms with Crippen LogP contribution >= 0.6 is 11.8 Å². The molecule has 1 N–H and O–H groups in total. The van der Waals surface area contributed by atoms with Crippen LogP contribution in [0.25, 0.3) is 5.69 Å². The Bertz CT molecular complexity index is 836. The van der Waals surface area contributed by atoms with Gasteiger partial charge in [0.05, 0.1) is 11.4 Å². The normalized spacial score (nSPS) is 10.6. The van der Waals surface area contributed by atoms with Crippen molar-refractivity contribution in [3.63, 3.8) is 0 Å². The van der Waals surface area contributed by atoms with E-state index in [9.17, 15) is 9.18 Å². The third-order valence-corrected chi connectivity index (χ3v) is 4.27. The zero-order chi connectivity index (χ0) is 16.9. The molecule has 0 fully saturated rings. The van der Waals surface area contributed by atoms with Crippen molar-refractivity contribution in [2.45, 2.75) is 11.8 Å². The summed E-state index contributed by atoms with van der Waals surface area (Å²) in [5, 5.41) is 13.9. The minimum absolute atomic E-state index is 0.126. The number of thioether (sulfide) groups is 1. The number of aromatic nitrogens is 4. The number of rotatable bonds is 5. The first-order valence-corrected chi connectivity index (χ1v) is 8.12. The average Bonchev–Trinajstić information content (AvgIpc) is 3.09. The number of anilines is 1. The fourth-order valence-electron chi connectivity index (χ4n) is 2.14. The standard InChI is InChI=1S/C16H14FN5OS/c1-11-8-13(4-7-15(11)22-10-18-20-21-22)19-16(23)9-24-14-5-2-12(17)3-6-14/h2-8,10H,9H2,1H3,(H,19,23). The van der Waals surface area contributed by atoms with E-state index in [4.69, 9.17) is 0 Å². The molecule has 1 heterocycles. The van der Waals surface area contributed by atoms with Crippen LogP contribution in [0.1, 0.15) is 5.56 Å². The SMILES string of the molecule is Cc1cc(NC(=O)CSc2ccc(F)cc2)ccc1-n1cnnn1. The lowest BCUT2D eigenvalue weighted by atomic mass is 10.2. The lowest BCUT2D eigenvalue weighted by molar-refractivity contribution is -0.113. The van der Waals surface area contributed by atoms with E-state index in [1.165, 1.54) is 30.2 Å². The van der Waals surface area contributed by atoms with E-state index in [0.717, 1.165) is 16.1 Å².